The van der Waals surface area contributed by atoms with Gasteiger partial charge in [-0.3, -0.25) is 0 Å². The third kappa shape index (κ3) is 6.06. The van der Waals surface area contributed by atoms with Crippen LogP contribution in [0.2, 0.25) is 0 Å². The third-order valence-corrected chi connectivity index (χ3v) is 8.98. The molecule has 6 nitrogen and oxygen atoms in total. The minimum absolute atomic E-state index is 0.0429. The first-order chi connectivity index (χ1) is 23.0. The molecule has 6 heteroatoms. The molecule has 0 N–H and O–H groups in total. The summed E-state index contributed by atoms with van der Waals surface area (Å²) in [6.45, 7) is 16.7. The van der Waals surface area contributed by atoms with E-state index in [1.165, 1.54) is 22.4 Å². The standard InChI is InChI=1S/C42H43N5O/c1-29-22-32(41(2,3)4)23-37(42(5,6)7)39(29)46-28-45(40-38(46)20-13-21-43-40)33-16-11-18-35(24-33)48-36-19-12-17-34(25-36)47-27-31(26-44-47)30-14-9-8-10-15-30/h8-27H,28H2,1-7H3. The lowest BCUT2D eigenvalue weighted by Gasteiger charge is -2.33. The highest BCUT2D eigenvalue weighted by Crippen LogP contribution is 2.48. The Bertz CT molecular complexity index is 2080. The Morgan fingerprint density at radius 2 is 1.38 bits per heavy atom. The van der Waals surface area contributed by atoms with Crippen molar-refractivity contribution < 1.29 is 4.74 Å². The maximum Gasteiger partial charge on any atom is 0.158 e. The summed E-state index contributed by atoms with van der Waals surface area (Å²) < 4.78 is 8.34. The second-order valence-electron chi connectivity index (χ2n) is 14.7. The Balaban J connectivity index is 1.19. The number of rotatable bonds is 6. The lowest BCUT2D eigenvalue weighted by atomic mass is 9.78. The van der Waals surface area contributed by atoms with Gasteiger partial charge in [0.05, 0.1) is 17.6 Å². The van der Waals surface area contributed by atoms with Crippen LogP contribution in [-0.4, -0.2) is 21.4 Å². The van der Waals surface area contributed by atoms with Gasteiger partial charge in [-0.15, -0.1) is 0 Å². The highest BCUT2D eigenvalue weighted by Gasteiger charge is 2.34. The van der Waals surface area contributed by atoms with Crippen molar-refractivity contribution in [2.75, 3.05) is 16.5 Å². The SMILES string of the molecule is Cc1cc(C(C)(C)C)cc(C(C)(C)C)c1N1CN(c2cccc(Oc3cccc(-n4cc(-c5ccccc5)cn4)c3)c2)c2ncccc21. The van der Waals surface area contributed by atoms with E-state index in [1.807, 2.05) is 83.9 Å². The molecule has 1 aliphatic rings. The van der Waals surface area contributed by atoms with Crippen LogP contribution < -0.4 is 14.5 Å². The summed E-state index contributed by atoms with van der Waals surface area (Å²) in [6.07, 6.45) is 5.81. The molecule has 3 heterocycles. The van der Waals surface area contributed by atoms with Gasteiger partial charge in [0.25, 0.3) is 0 Å². The Kier molecular flexibility index (Phi) is 7.83. The van der Waals surface area contributed by atoms with Gasteiger partial charge in [-0.1, -0.05) is 96.1 Å². The fraction of sp³-hybridized carbons (Fsp3) is 0.238. The molecule has 7 rings (SSSR count). The van der Waals surface area contributed by atoms with Crippen molar-refractivity contribution in [1.29, 1.82) is 0 Å². The van der Waals surface area contributed by atoms with E-state index in [1.54, 1.807) is 0 Å². The van der Waals surface area contributed by atoms with Crippen molar-refractivity contribution in [2.45, 2.75) is 59.3 Å². The van der Waals surface area contributed by atoms with Crippen LogP contribution in [-0.2, 0) is 10.8 Å². The van der Waals surface area contributed by atoms with E-state index < -0.39 is 0 Å². The number of pyridine rings is 1. The van der Waals surface area contributed by atoms with Crippen molar-refractivity contribution in [2.24, 2.45) is 0 Å². The zero-order valence-corrected chi connectivity index (χ0v) is 28.9. The molecule has 242 valence electrons. The first kappa shape index (κ1) is 31.3. The van der Waals surface area contributed by atoms with E-state index >= 15 is 0 Å². The van der Waals surface area contributed by atoms with Gasteiger partial charge >= 0.3 is 0 Å². The van der Waals surface area contributed by atoms with E-state index in [0.29, 0.717) is 6.67 Å². The van der Waals surface area contributed by atoms with Crippen molar-refractivity contribution in [3.63, 3.8) is 0 Å². The van der Waals surface area contributed by atoms with Crippen LogP contribution in [0, 0.1) is 6.92 Å². The van der Waals surface area contributed by atoms with Crippen molar-refractivity contribution >= 4 is 22.9 Å². The van der Waals surface area contributed by atoms with Crippen LogP contribution in [0.15, 0.2) is 122 Å². The van der Waals surface area contributed by atoms with Crippen LogP contribution in [0.5, 0.6) is 11.5 Å². The molecule has 0 atom stereocenters. The highest BCUT2D eigenvalue weighted by atomic mass is 16.5. The molecule has 0 bridgehead atoms. The molecule has 2 aromatic heterocycles. The van der Waals surface area contributed by atoms with Crippen molar-refractivity contribution in [3.05, 3.63) is 138 Å². The van der Waals surface area contributed by atoms with Gasteiger partial charge in [0, 0.05) is 41.5 Å². The van der Waals surface area contributed by atoms with Gasteiger partial charge in [-0.05, 0) is 76.4 Å². The molecular weight excluding hydrogens is 590 g/mol. The summed E-state index contributed by atoms with van der Waals surface area (Å²) in [7, 11) is 0. The molecule has 0 aliphatic carbocycles. The average Bonchev–Trinajstić information content (AvgIpc) is 3.71. The van der Waals surface area contributed by atoms with Crippen molar-refractivity contribution in [1.82, 2.24) is 14.8 Å². The van der Waals surface area contributed by atoms with Gasteiger partial charge in [0.15, 0.2) is 5.82 Å². The predicted molar refractivity (Wildman–Crippen MR) is 197 cm³/mol. The highest BCUT2D eigenvalue weighted by molar-refractivity contribution is 5.86. The summed E-state index contributed by atoms with van der Waals surface area (Å²) in [5.74, 6) is 2.43. The number of benzene rings is 4. The van der Waals surface area contributed by atoms with Crippen molar-refractivity contribution in [3.8, 4) is 28.3 Å². The monoisotopic (exact) mass is 633 g/mol. The third-order valence-electron chi connectivity index (χ3n) is 8.98. The zero-order valence-electron chi connectivity index (χ0n) is 28.9. The van der Waals surface area contributed by atoms with Gasteiger partial charge in [0.1, 0.15) is 18.2 Å². The van der Waals surface area contributed by atoms with Gasteiger partial charge in [-0.2, -0.15) is 5.10 Å². The first-order valence-corrected chi connectivity index (χ1v) is 16.6. The molecule has 6 aromatic rings. The normalized spacial score (nSPS) is 13.1. The molecule has 0 spiro atoms. The van der Waals surface area contributed by atoms with Gasteiger partial charge in [-0.25, -0.2) is 9.67 Å². The number of hydrogen-bond acceptors (Lipinski definition) is 5. The lowest BCUT2D eigenvalue weighted by Crippen LogP contribution is -2.28. The van der Waals surface area contributed by atoms with Crippen LogP contribution >= 0.6 is 0 Å². The number of ether oxygens (including phenoxy) is 1. The second kappa shape index (κ2) is 12.0. The lowest BCUT2D eigenvalue weighted by molar-refractivity contribution is 0.482. The topological polar surface area (TPSA) is 46.4 Å². The van der Waals surface area contributed by atoms with E-state index in [0.717, 1.165) is 45.5 Å². The Morgan fingerprint density at radius 1 is 0.667 bits per heavy atom. The minimum atomic E-state index is -0.0429. The molecule has 0 radical (unpaired) electrons. The average molecular weight is 634 g/mol. The van der Waals surface area contributed by atoms with E-state index in [-0.39, 0.29) is 10.8 Å². The van der Waals surface area contributed by atoms with Crippen LogP contribution in [0.1, 0.15) is 58.2 Å². The number of fused-ring (bicyclic) bond motifs is 1. The summed E-state index contributed by atoms with van der Waals surface area (Å²) in [4.78, 5) is 9.59. The Hall–Kier alpha value is -5.36. The smallest absolute Gasteiger partial charge is 0.158 e. The number of aromatic nitrogens is 3. The summed E-state index contributed by atoms with van der Waals surface area (Å²) in [5.41, 5.74) is 10.5. The first-order valence-electron chi connectivity index (χ1n) is 16.6. The summed E-state index contributed by atoms with van der Waals surface area (Å²) in [6, 6.07) is 35.5. The largest absolute Gasteiger partial charge is 0.457 e. The van der Waals surface area contributed by atoms with E-state index in [9.17, 15) is 0 Å². The predicted octanol–water partition coefficient (Wildman–Crippen LogP) is 10.9. The fourth-order valence-electron chi connectivity index (χ4n) is 6.41. The number of nitrogens with zero attached hydrogens (tertiary/aromatic N) is 5. The Labute approximate surface area is 284 Å². The van der Waals surface area contributed by atoms with E-state index in [4.69, 9.17) is 9.72 Å². The maximum atomic E-state index is 6.46. The minimum Gasteiger partial charge on any atom is -0.457 e. The summed E-state index contributed by atoms with van der Waals surface area (Å²) >= 11 is 0. The molecule has 0 amide bonds. The number of aryl methyl sites for hydroxylation is 1. The molecule has 48 heavy (non-hydrogen) atoms. The molecule has 1 aliphatic heterocycles. The summed E-state index contributed by atoms with van der Waals surface area (Å²) in [5, 5.41) is 4.62. The molecule has 4 aromatic carbocycles. The fourth-order valence-corrected chi connectivity index (χ4v) is 6.41. The number of hydrogen-bond donors (Lipinski definition) is 0. The number of anilines is 4. The molecule has 0 fully saturated rings. The van der Waals surface area contributed by atoms with Gasteiger partial charge < -0.3 is 14.5 Å². The maximum absolute atomic E-state index is 6.46. The second-order valence-corrected chi connectivity index (χ2v) is 14.7. The van der Waals surface area contributed by atoms with Crippen LogP contribution in [0.3, 0.4) is 0 Å². The zero-order chi connectivity index (χ0) is 33.6. The Morgan fingerprint density at radius 3 is 2.08 bits per heavy atom. The molecular formula is C42H43N5O. The molecule has 0 saturated carbocycles. The van der Waals surface area contributed by atoms with Gasteiger partial charge in [0.2, 0.25) is 0 Å². The molecule has 0 saturated heterocycles. The van der Waals surface area contributed by atoms with Crippen LogP contribution in [0.4, 0.5) is 22.9 Å². The molecule has 0 unspecified atom stereocenters. The van der Waals surface area contributed by atoms with Crippen LogP contribution in [0.25, 0.3) is 16.8 Å². The quantitative estimate of drug-likeness (QED) is 0.183. The van der Waals surface area contributed by atoms with E-state index in [2.05, 4.69) is 106 Å².